The van der Waals surface area contributed by atoms with Crippen LogP contribution in [0.15, 0.2) is 58.2 Å². The molecular formula is C23H21ClN2O6S. The van der Waals surface area contributed by atoms with Crippen LogP contribution in [0.2, 0.25) is 5.02 Å². The number of carbonyl (C=O) groups excluding carboxylic acids is 1. The number of hydrogen-bond acceptors (Lipinski definition) is 7. The molecule has 8 nitrogen and oxygen atoms in total. The number of aryl methyl sites for hydroxylation is 2. The van der Waals surface area contributed by atoms with Crippen molar-refractivity contribution in [3.8, 4) is 11.4 Å². The van der Waals surface area contributed by atoms with Gasteiger partial charge in [0.2, 0.25) is 5.69 Å². The van der Waals surface area contributed by atoms with Crippen LogP contribution in [0.3, 0.4) is 0 Å². The Balaban J connectivity index is 1.78. The number of aromatic nitrogens is 2. The highest BCUT2D eigenvalue weighted by Crippen LogP contribution is 2.27. The van der Waals surface area contributed by atoms with Crippen molar-refractivity contribution < 1.29 is 22.1 Å². The van der Waals surface area contributed by atoms with E-state index in [1.54, 1.807) is 37.3 Å². The SMILES string of the molecule is CCOC(=O)c1nn(-c2ccccc2Cl)c(=O)cc1OS(=O)(=O)c1ccc2c(c1)CCCC2. The predicted molar refractivity (Wildman–Crippen MR) is 122 cm³/mol. The first-order valence-corrected chi connectivity index (χ1v) is 12.2. The molecule has 33 heavy (non-hydrogen) atoms. The third-order valence-corrected chi connectivity index (χ3v) is 6.80. The number of hydrogen-bond donors (Lipinski definition) is 0. The summed E-state index contributed by atoms with van der Waals surface area (Å²) in [6, 6.07) is 12.1. The molecule has 1 aliphatic carbocycles. The van der Waals surface area contributed by atoms with Gasteiger partial charge in [-0.05, 0) is 68.0 Å². The summed E-state index contributed by atoms with van der Waals surface area (Å²) in [5.74, 6) is -1.45. The molecule has 0 saturated carbocycles. The maximum Gasteiger partial charge on any atom is 0.362 e. The van der Waals surface area contributed by atoms with E-state index >= 15 is 0 Å². The zero-order valence-corrected chi connectivity index (χ0v) is 19.4. The summed E-state index contributed by atoms with van der Waals surface area (Å²) in [4.78, 5) is 25.2. The first-order valence-electron chi connectivity index (χ1n) is 10.4. The molecular weight excluding hydrogens is 468 g/mol. The van der Waals surface area contributed by atoms with E-state index in [4.69, 9.17) is 20.5 Å². The molecule has 1 aliphatic rings. The Hall–Kier alpha value is -3.17. The minimum absolute atomic E-state index is 0.0166. The van der Waals surface area contributed by atoms with Gasteiger partial charge in [-0.15, -0.1) is 0 Å². The predicted octanol–water partition coefficient (Wildman–Crippen LogP) is 3.71. The average Bonchev–Trinajstić information content (AvgIpc) is 2.79. The second-order valence-corrected chi connectivity index (χ2v) is 9.41. The van der Waals surface area contributed by atoms with Crippen LogP contribution in [0, 0.1) is 0 Å². The van der Waals surface area contributed by atoms with Crippen LogP contribution in [0.25, 0.3) is 5.69 Å². The molecule has 0 atom stereocenters. The lowest BCUT2D eigenvalue weighted by atomic mass is 9.92. The summed E-state index contributed by atoms with van der Waals surface area (Å²) in [5.41, 5.74) is 1.09. The zero-order chi connectivity index (χ0) is 23.6. The number of halogens is 1. The molecule has 1 heterocycles. The molecule has 0 bridgehead atoms. The average molecular weight is 489 g/mol. The number of ether oxygens (including phenoxy) is 1. The highest BCUT2D eigenvalue weighted by Gasteiger charge is 2.26. The second-order valence-electron chi connectivity index (χ2n) is 7.45. The van der Waals surface area contributed by atoms with Crippen molar-refractivity contribution in [3.05, 3.63) is 80.7 Å². The van der Waals surface area contributed by atoms with Gasteiger partial charge in [0.15, 0.2) is 5.75 Å². The number of para-hydroxylation sites is 1. The van der Waals surface area contributed by atoms with Crippen LogP contribution in [-0.4, -0.2) is 30.8 Å². The molecule has 2 aromatic carbocycles. The molecule has 0 unspecified atom stereocenters. The van der Waals surface area contributed by atoms with Crippen LogP contribution in [0.4, 0.5) is 0 Å². The van der Waals surface area contributed by atoms with Crippen LogP contribution in [0.5, 0.6) is 5.75 Å². The lowest BCUT2D eigenvalue weighted by molar-refractivity contribution is 0.0515. The number of benzene rings is 2. The van der Waals surface area contributed by atoms with E-state index in [-0.39, 0.29) is 22.2 Å². The van der Waals surface area contributed by atoms with E-state index < -0.39 is 33.1 Å². The molecule has 4 rings (SSSR count). The molecule has 172 valence electrons. The van der Waals surface area contributed by atoms with Gasteiger partial charge < -0.3 is 8.92 Å². The monoisotopic (exact) mass is 488 g/mol. The summed E-state index contributed by atoms with van der Waals surface area (Å²) in [5, 5.41) is 4.25. The molecule has 0 N–H and O–H groups in total. The summed E-state index contributed by atoms with van der Waals surface area (Å²) < 4.78 is 37.2. The van der Waals surface area contributed by atoms with Crippen LogP contribution in [-0.2, 0) is 27.7 Å². The van der Waals surface area contributed by atoms with Crippen molar-refractivity contribution in [2.45, 2.75) is 37.5 Å². The Kier molecular flexibility index (Phi) is 6.53. The molecule has 1 aromatic heterocycles. The molecule has 0 radical (unpaired) electrons. The van der Waals surface area contributed by atoms with Gasteiger partial charge in [0, 0.05) is 0 Å². The van der Waals surface area contributed by atoms with Crippen molar-refractivity contribution in [1.29, 1.82) is 0 Å². The van der Waals surface area contributed by atoms with Crippen LogP contribution >= 0.6 is 11.6 Å². The van der Waals surface area contributed by atoms with E-state index in [9.17, 15) is 18.0 Å². The molecule has 0 amide bonds. The van der Waals surface area contributed by atoms with Crippen molar-refractivity contribution >= 4 is 27.7 Å². The largest absolute Gasteiger partial charge is 0.461 e. The van der Waals surface area contributed by atoms with Gasteiger partial charge in [0.05, 0.1) is 23.4 Å². The van der Waals surface area contributed by atoms with E-state index in [2.05, 4.69) is 5.10 Å². The van der Waals surface area contributed by atoms with Crippen LogP contribution in [0.1, 0.15) is 41.4 Å². The fourth-order valence-corrected chi connectivity index (χ4v) is 4.87. The summed E-state index contributed by atoms with van der Waals surface area (Å²) >= 11 is 6.17. The van der Waals surface area contributed by atoms with E-state index in [0.717, 1.165) is 47.6 Å². The number of esters is 1. The first-order chi connectivity index (χ1) is 15.8. The number of rotatable bonds is 6. The summed E-state index contributed by atoms with van der Waals surface area (Å²) in [7, 11) is -4.34. The van der Waals surface area contributed by atoms with Crippen LogP contribution < -0.4 is 9.74 Å². The Bertz CT molecular complexity index is 1380. The van der Waals surface area contributed by atoms with Gasteiger partial charge in [-0.3, -0.25) is 4.79 Å². The van der Waals surface area contributed by atoms with Gasteiger partial charge in [0.25, 0.3) is 5.56 Å². The van der Waals surface area contributed by atoms with E-state index in [0.29, 0.717) is 0 Å². The van der Waals surface area contributed by atoms with Crippen molar-refractivity contribution in [3.63, 3.8) is 0 Å². The lowest BCUT2D eigenvalue weighted by Gasteiger charge is -2.17. The Labute approximate surface area is 195 Å². The molecule has 0 aliphatic heterocycles. The van der Waals surface area contributed by atoms with Gasteiger partial charge in [0.1, 0.15) is 4.90 Å². The Morgan fingerprint density at radius 1 is 1.09 bits per heavy atom. The molecule has 3 aromatic rings. The molecule has 0 fully saturated rings. The second kappa shape index (κ2) is 9.36. The number of nitrogens with zero attached hydrogens (tertiary/aromatic N) is 2. The third-order valence-electron chi connectivity index (χ3n) is 5.25. The van der Waals surface area contributed by atoms with Gasteiger partial charge in [-0.25, -0.2) is 4.79 Å². The summed E-state index contributed by atoms with van der Waals surface area (Å²) in [6.45, 7) is 1.61. The van der Waals surface area contributed by atoms with Crippen molar-refractivity contribution in [2.24, 2.45) is 0 Å². The van der Waals surface area contributed by atoms with Crippen molar-refractivity contribution in [2.75, 3.05) is 6.61 Å². The van der Waals surface area contributed by atoms with Gasteiger partial charge in [-0.1, -0.05) is 29.8 Å². The van der Waals surface area contributed by atoms with Gasteiger partial charge >= 0.3 is 16.1 Å². The van der Waals surface area contributed by atoms with E-state index in [1.165, 1.54) is 12.1 Å². The quantitative estimate of drug-likeness (QED) is 0.384. The number of carbonyl (C=O) groups is 1. The maximum atomic E-state index is 13.0. The highest BCUT2D eigenvalue weighted by atomic mass is 35.5. The molecule has 0 spiro atoms. The van der Waals surface area contributed by atoms with Crippen molar-refractivity contribution in [1.82, 2.24) is 9.78 Å². The fourth-order valence-electron chi connectivity index (χ4n) is 3.67. The standard InChI is InChI=1S/C23H21ClN2O6S/c1-2-31-23(28)22-20(14-21(27)26(25-22)19-10-6-5-9-18(19)24)32-33(29,30)17-12-11-15-7-3-4-8-16(15)13-17/h5-6,9-14H,2-4,7-8H2,1H3. The third kappa shape index (κ3) is 4.79. The normalized spacial score (nSPS) is 13.3. The topological polar surface area (TPSA) is 105 Å². The summed E-state index contributed by atoms with van der Waals surface area (Å²) in [6.07, 6.45) is 3.72. The Morgan fingerprint density at radius 3 is 2.55 bits per heavy atom. The molecule has 0 saturated heterocycles. The first kappa shape index (κ1) is 23.0. The number of fused-ring (bicyclic) bond motifs is 1. The van der Waals surface area contributed by atoms with Gasteiger partial charge in [-0.2, -0.15) is 18.2 Å². The Morgan fingerprint density at radius 2 is 1.82 bits per heavy atom. The fraction of sp³-hybridized carbons (Fsp3) is 0.261. The van der Waals surface area contributed by atoms with E-state index in [1.807, 2.05) is 0 Å². The highest BCUT2D eigenvalue weighted by molar-refractivity contribution is 7.87. The lowest BCUT2D eigenvalue weighted by Crippen LogP contribution is -2.26. The maximum absolute atomic E-state index is 13.0. The minimum atomic E-state index is -4.34. The minimum Gasteiger partial charge on any atom is -0.461 e. The molecule has 10 heteroatoms. The smallest absolute Gasteiger partial charge is 0.362 e. The zero-order valence-electron chi connectivity index (χ0n) is 17.8.